The minimum Gasteiger partial charge on any atom is -0.489 e. The van der Waals surface area contributed by atoms with Gasteiger partial charge in [0, 0.05) is 18.4 Å². The molecule has 1 aromatic carbocycles. The molecule has 104 valence electrons. The maximum atomic E-state index is 6.05. The van der Waals surface area contributed by atoms with E-state index in [1.54, 1.807) is 0 Å². The molecule has 0 spiro atoms. The molecular weight excluding hydrogens is 326 g/mol. The SMILES string of the molecule is CC1CC(Oc2ccc(C(N)=S)cc2Br)CC(C)O1. The Hall–Kier alpha value is -0.650. The molecule has 1 fully saturated rings. The average molecular weight is 344 g/mol. The lowest BCUT2D eigenvalue weighted by atomic mass is 10.0. The van der Waals surface area contributed by atoms with Crippen LogP contribution in [0.3, 0.4) is 0 Å². The van der Waals surface area contributed by atoms with Crippen LogP contribution in [0.1, 0.15) is 32.3 Å². The van der Waals surface area contributed by atoms with Crippen molar-refractivity contribution in [1.82, 2.24) is 0 Å². The molecule has 0 aliphatic carbocycles. The molecule has 2 rings (SSSR count). The molecule has 0 radical (unpaired) electrons. The summed E-state index contributed by atoms with van der Waals surface area (Å²) in [6.07, 6.45) is 2.49. The minimum absolute atomic E-state index is 0.186. The molecule has 1 heterocycles. The number of benzene rings is 1. The Morgan fingerprint density at radius 2 is 2.00 bits per heavy atom. The van der Waals surface area contributed by atoms with Gasteiger partial charge in [-0.15, -0.1) is 0 Å². The highest BCUT2D eigenvalue weighted by Crippen LogP contribution is 2.30. The van der Waals surface area contributed by atoms with Crippen molar-refractivity contribution in [3.05, 3.63) is 28.2 Å². The maximum absolute atomic E-state index is 6.05. The molecule has 2 unspecified atom stereocenters. The molecule has 1 aromatic rings. The molecule has 0 amide bonds. The molecule has 1 saturated heterocycles. The Balaban J connectivity index is 2.08. The second-order valence-electron chi connectivity index (χ2n) is 4.98. The number of rotatable bonds is 3. The van der Waals surface area contributed by atoms with Gasteiger partial charge in [-0.05, 0) is 48.0 Å². The van der Waals surface area contributed by atoms with E-state index in [9.17, 15) is 0 Å². The van der Waals surface area contributed by atoms with Crippen molar-refractivity contribution in [3.8, 4) is 5.75 Å². The number of hydrogen-bond acceptors (Lipinski definition) is 3. The average Bonchev–Trinajstić information content (AvgIpc) is 2.30. The smallest absolute Gasteiger partial charge is 0.133 e. The van der Waals surface area contributed by atoms with Crippen molar-refractivity contribution in [1.29, 1.82) is 0 Å². The number of ether oxygens (including phenoxy) is 2. The highest BCUT2D eigenvalue weighted by molar-refractivity contribution is 9.10. The predicted octanol–water partition coefficient (Wildman–Crippen LogP) is 3.42. The Morgan fingerprint density at radius 1 is 1.37 bits per heavy atom. The van der Waals surface area contributed by atoms with Crippen molar-refractivity contribution in [3.63, 3.8) is 0 Å². The molecule has 2 N–H and O–H groups in total. The van der Waals surface area contributed by atoms with Crippen LogP contribution in [0, 0.1) is 0 Å². The third-order valence-corrected chi connectivity index (χ3v) is 4.02. The van der Waals surface area contributed by atoms with E-state index in [1.165, 1.54) is 0 Å². The second-order valence-corrected chi connectivity index (χ2v) is 6.27. The summed E-state index contributed by atoms with van der Waals surface area (Å²) >= 11 is 8.46. The van der Waals surface area contributed by atoms with Crippen LogP contribution in [0.25, 0.3) is 0 Å². The van der Waals surface area contributed by atoms with Crippen LogP contribution >= 0.6 is 28.1 Å². The Bertz CT molecular complexity index is 471. The van der Waals surface area contributed by atoms with Gasteiger partial charge < -0.3 is 15.2 Å². The second kappa shape index (κ2) is 6.20. The highest BCUT2D eigenvalue weighted by Gasteiger charge is 2.26. The van der Waals surface area contributed by atoms with Crippen molar-refractivity contribution >= 4 is 33.1 Å². The van der Waals surface area contributed by atoms with Gasteiger partial charge in [0.1, 0.15) is 16.8 Å². The van der Waals surface area contributed by atoms with Crippen LogP contribution in [0.2, 0.25) is 0 Å². The maximum Gasteiger partial charge on any atom is 0.133 e. The lowest BCUT2D eigenvalue weighted by Gasteiger charge is -2.32. The van der Waals surface area contributed by atoms with Crippen LogP contribution in [0.15, 0.2) is 22.7 Å². The molecule has 0 aromatic heterocycles. The quantitative estimate of drug-likeness (QED) is 0.854. The molecule has 19 heavy (non-hydrogen) atoms. The Labute approximate surface area is 127 Å². The van der Waals surface area contributed by atoms with E-state index < -0.39 is 0 Å². The fourth-order valence-electron chi connectivity index (χ4n) is 2.37. The summed E-state index contributed by atoms with van der Waals surface area (Å²) in [6.45, 7) is 4.16. The van der Waals surface area contributed by atoms with Gasteiger partial charge in [0.25, 0.3) is 0 Å². The van der Waals surface area contributed by atoms with Crippen molar-refractivity contribution in [2.45, 2.75) is 45.0 Å². The van der Waals surface area contributed by atoms with Gasteiger partial charge in [0.15, 0.2) is 0 Å². The first-order valence-corrected chi connectivity index (χ1v) is 7.57. The molecule has 3 nitrogen and oxygen atoms in total. The summed E-state index contributed by atoms with van der Waals surface area (Å²) in [6, 6.07) is 5.68. The lowest BCUT2D eigenvalue weighted by molar-refractivity contribution is -0.0722. The first-order valence-electron chi connectivity index (χ1n) is 6.37. The van der Waals surface area contributed by atoms with Crippen LogP contribution in [0.5, 0.6) is 5.75 Å². The zero-order valence-corrected chi connectivity index (χ0v) is 13.5. The third-order valence-electron chi connectivity index (χ3n) is 3.16. The summed E-state index contributed by atoms with van der Waals surface area (Å²) in [7, 11) is 0. The number of nitrogens with two attached hydrogens (primary N) is 1. The number of thiocarbonyl (C=S) groups is 1. The fourth-order valence-corrected chi connectivity index (χ4v) is 2.97. The minimum atomic E-state index is 0.186. The van der Waals surface area contributed by atoms with E-state index in [4.69, 9.17) is 27.4 Å². The number of halogens is 1. The molecule has 2 atom stereocenters. The summed E-state index contributed by atoms with van der Waals surface area (Å²) in [5.74, 6) is 0.825. The van der Waals surface area contributed by atoms with Crippen LogP contribution < -0.4 is 10.5 Å². The topological polar surface area (TPSA) is 44.5 Å². The first kappa shape index (κ1) is 14.8. The Morgan fingerprint density at radius 3 is 2.53 bits per heavy atom. The van der Waals surface area contributed by atoms with E-state index in [0.29, 0.717) is 4.99 Å². The largest absolute Gasteiger partial charge is 0.489 e. The van der Waals surface area contributed by atoms with Gasteiger partial charge in [0.05, 0.1) is 16.7 Å². The third kappa shape index (κ3) is 3.91. The molecule has 1 aliphatic rings. The van der Waals surface area contributed by atoms with Gasteiger partial charge in [-0.1, -0.05) is 12.2 Å². The highest BCUT2D eigenvalue weighted by atomic mass is 79.9. The van der Waals surface area contributed by atoms with E-state index in [-0.39, 0.29) is 18.3 Å². The molecule has 1 aliphatic heterocycles. The summed E-state index contributed by atoms with van der Waals surface area (Å²) in [4.78, 5) is 0.389. The standard InChI is InChI=1S/C14H18BrNO2S/c1-8-5-11(6-9(2)17-8)18-13-4-3-10(14(16)19)7-12(13)15/h3-4,7-9,11H,5-6H2,1-2H3,(H2,16,19). The molecule has 0 saturated carbocycles. The van der Waals surface area contributed by atoms with Crippen LogP contribution in [-0.2, 0) is 4.74 Å². The van der Waals surface area contributed by atoms with Crippen LogP contribution in [0.4, 0.5) is 0 Å². The van der Waals surface area contributed by atoms with E-state index in [2.05, 4.69) is 29.8 Å². The van der Waals surface area contributed by atoms with Crippen LogP contribution in [-0.4, -0.2) is 23.3 Å². The predicted molar refractivity (Wildman–Crippen MR) is 83.7 cm³/mol. The van der Waals surface area contributed by atoms with Crippen molar-refractivity contribution in [2.75, 3.05) is 0 Å². The van der Waals surface area contributed by atoms with Gasteiger partial charge in [0.2, 0.25) is 0 Å². The summed E-state index contributed by atoms with van der Waals surface area (Å²) in [5, 5.41) is 0. The van der Waals surface area contributed by atoms with E-state index >= 15 is 0 Å². The lowest BCUT2D eigenvalue weighted by Crippen LogP contribution is -2.35. The molecule has 0 bridgehead atoms. The van der Waals surface area contributed by atoms with E-state index in [1.807, 2.05) is 18.2 Å². The first-order chi connectivity index (χ1) is 8.95. The zero-order chi connectivity index (χ0) is 14.0. The number of hydrogen-bond donors (Lipinski definition) is 1. The summed E-state index contributed by atoms with van der Waals surface area (Å²) in [5.41, 5.74) is 6.44. The Kier molecular flexibility index (Phi) is 4.81. The van der Waals surface area contributed by atoms with Gasteiger partial charge in [-0.25, -0.2) is 0 Å². The van der Waals surface area contributed by atoms with Gasteiger partial charge in [-0.3, -0.25) is 0 Å². The molecule has 5 heteroatoms. The molecular formula is C14H18BrNO2S. The van der Waals surface area contributed by atoms with Crippen molar-refractivity contribution < 1.29 is 9.47 Å². The summed E-state index contributed by atoms with van der Waals surface area (Å²) < 4.78 is 12.6. The monoisotopic (exact) mass is 343 g/mol. The van der Waals surface area contributed by atoms with Gasteiger partial charge >= 0.3 is 0 Å². The normalized spacial score (nSPS) is 27.0. The fraction of sp³-hybridized carbons (Fsp3) is 0.500. The van der Waals surface area contributed by atoms with E-state index in [0.717, 1.165) is 28.6 Å². The van der Waals surface area contributed by atoms with Crippen molar-refractivity contribution in [2.24, 2.45) is 5.73 Å². The van der Waals surface area contributed by atoms with Gasteiger partial charge in [-0.2, -0.15) is 0 Å². The zero-order valence-electron chi connectivity index (χ0n) is 11.1.